The van der Waals surface area contributed by atoms with Crippen molar-refractivity contribution in [2.24, 2.45) is 5.73 Å². The van der Waals surface area contributed by atoms with E-state index in [2.05, 4.69) is 0 Å². The van der Waals surface area contributed by atoms with Gasteiger partial charge in [-0.05, 0) is 6.92 Å². The van der Waals surface area contributed by atoms with Crippen molar-refractivity contribution in [1.82, 2.24) is 0 Å². The van der Waals surface area contributed by atoms with Crippen LogP contribution in [0.1, 0.15) is 6.92 Å². The molecule has 0 radical (unpaired) electrons. The molecule has 5 atom stereocenters. The Morgan fingerprint density at radius 2 is 1.93 bits per heavy atom. The van der Waals surface area contributed by atoms with Gasteiger partial charge in [0.25, 0.3) is 0 Å². The van der Waals surface area contributed by atoms with Crippen LogP contribution in [0.25, 0.3) is 0 Å². The second kappa shape index (κ2) is 4.86. The zero-order chi connectivity index (χ0) is 11.6. The Morgan fingerprint density at radius 3 is 2.40 bits per heavy atom. The second-order valence-corrected chi connectivity index (χ2v) is 3.25. The summed E-state index contributed by atoms with van der Waals surface area (Å²) < 4.78 is 9.87. The van der Waals surface area contributed by atoms with E-state index in [9.17, 15) is 20.1 Å². The molecule has 1 saturated heterocycles. The first kappa shape index (κ1) is 12.3. The highest BCUT2D eigenvalue weighted by atomic mass is 16.7. The standard InChI is InChI=1S/C8H15NO6/c1-2-14-8-5(12)3(10)4(11)6(15-8)7(9)13/h3-6,8,10-12H,2H2,1H3,(H2,9,13)/t3?,4-,5+,6?,8?/m0/s1. The fourth-order valence-corrected chi connectivity index (χ4v) is 1.39. The summed E-state index contributed by atoms with van der Waals surface area (Å²) in [6, 6.07) is 0. The second-order valence-electron chi connectivity index (χ2n) is 3.25. The van der Waals surface area contributed by atoms with Gasteiger partial charge in [-0.3, -0.25) is 4.79 Å². The molecule has 0 spiro atoms. The third kappa shape index (κ3) is 2.44. The van der Waals surface area contributed by atoms with Gasteiger partial charge in [-0.15, -0.1) is 0 Å². The van der Waals surface area contributed by atoms with Crippen LogP contribution in [0.15, 0.2) is 0 Å². The van der Waals surface area contributed by atoms with E-state index < -0.39 is 36.6 Å². The van der Waals surface area contributed by atoms with E-state index >= 15 is 0 Å². The van der Waals surface area contributed by atoms with Crippen LogP contribution in [-0.4, -0.2) is 58.5 Å². The fourth-order valence-electron chi connectivity index (χ4n) is 1.39. The fraction of sp³-hybridized carbons (Fsp3) is 0.875. The van der Waals surface area contributed by atoms with Crippen molar-refractivity contribution in [2.75, 3.05) is 6.61 Å². The number of hydrogen-bond acceptors (Lipinski definition) is 6. The van der Waals surface area contributed by atoms with Gasteiger partial charge in [-0.25, -0.2) is 0 Å². The third-order valence-electron chi connectivity index (χ3n) is 2.18. The molecular weight excluding hydrogens is 206 g/mol. The summed E-state index contributed by atoms with van der Waals surface area (Å²) in [5.74, 6) is -0.918. The highest BCUT2D eigenvalue weighted by Crippen LogP contribution is 2.21. The van der Waals surface area contributed by atoms with Crippen molar-refractivity contribution in [3.8, 4) is 0 Å². The molecule has 88 valence electrons. The molecule has 0 aromatic rings. The Hall–Kier alpha value is -0.730. The smallest absolute Gasteiger partial charge is 0.249 e. The first-order valence-corrected chi connectivity index (χ1v) is 4.59. The predicted octanol–water partition coefficient (Wildman–Crippen LogP) is -2.68. The monoisotopic (exact) mass is 221 g/mol. The Bertz CT molecular complexity index is 235. The molecule has 15 heavy (non-hydrogen) atoms. The Morgan fingerprint density at radius 1 is 1.33 bits per heavy atom. The van der Waals surface area contributed by atoms with Crippen LogP contribution in [0.5, 0.6) is 0 Å². The van der Waals surface area contributed by atoms with Gasteiger partial charge in [0.2, 0.25) is 5.91 Å². The molecule has 0 aliphatic carbocycles. The largest absolute Gasteiger partial charge is 0.387 e. The minimum absolute atomic E-state index is 0.232. The third-order valence-corrected chi connectivity index (χ3v) is 2.18. The first-order valence-electron chi connectivity index (χ1n) is 4.59. The molecule has 1 amide bonds. The van der Waals surface area contributed by atoms with Crippen molar-refractivity contribution in [2.45, 2.75) is 37.6 Å². The van der Waals surface area contributed by atoms with Gasteiger partial charge in [0, 0.05) is 6.61 Å². The minimum atomic E-state index is -1.55. The summed E-state index contributed by atoms with van der Waals surface area (Å²) in [6.45, 7) is 1.89. The SMILES string of the molecule is CCOC1OC(C(N)=O)[C@@H](O)C(O)[C@H]1O. The summed E-state index contributed by atoms with van der Waals surface area (Å²) in [5.41, 5.74) is 4.95. The van der Waals surface area contributed by atoms with E-state index in [0.717, 1.165) is 0 Å². The lowest BCUT2D eigenvalue weighted by Gasteiger charge is -2.38. The molecule has 1 aliphatic rings. The number of amides is 1. The van der Waals surface area contributed by atoms with Crippen LogP contribution in [0.2, 0.25) is 0 Å². The average Bonchev–Trinajstić information content (AvgIpc) is 2.18. The van der Waals surface area contributed by atoms with Crippen LogP contribution in [-0.2, 0) is 14.3 Å². The van der Waals surface area contributed by atoms with Crippen LogP contribution >= 0.6 is 0 Å². The molecule has 0 saturated carbocycles. The van der Waals surface area contributed by atoms with Crippen LogP contribution in [0.4, 0.5) is 0 Å². The van der Waals surface area contributed by atoms with Crippen molar-refractivity contribution in [1.29, 1.82) is 0 Å². The topological polar surface area (TPSA) is 122 Å². The number of carbonyl (C=O) groups excluding carboxylic acids is 1. The van der Waals surface area contributed by atoms with Gasteiger partial charge in [0.15, 0.2) is 12.4 Å². The maximum absolute atomic E-state index is 10.9. The summed E-state index contributed by atoms with van der Waals surface area (Å²) in [6.07, 6.45) is -7.01. The molecule has 0 aromatic heterocycles. The molecule has 1 rings (SSSR count). The first-order chi connectivity index (χ1) is 6.99. The van der Waals surface area contributed by atoms with Gasteiger partial charge >= 0.3 is 0 Å². The van der Waals surface area contributed by atoms with Crippen LogP contribution < -0.4 is 5.73 Å². The Kier molecular flexibility index (Phi) is 4.00. The molecule has 1 fully saturated rings. The van der Waals surface area contributed by atoms with E-state index in [1.807, 2.05) is 0 Å². The number of aliphatic hydroxyl groups excluding tert-OH is 3. The number of rotatable bonds is 3. The quantitative estimate of drug-likeness (QED) is 0.412. The van der Waals surface area contributed by atoms with Gasteiger partial charge in [0.1, 0.15) is 18.3 Å². The Labute approximate surface area is 86.4 Å². The van der Waals surface area contributed by atoms with Gasteiger partial charge in [-0.1, -0.05) is 0 Å². The molecule has 0 aromatic carbocycles. The van der Waals surface area contributed by atoms with Crippen molar-refractivity contribution in [3.05, 3.63) is 0 Å². The molecule has 1 aliphatic heterocycles. The molecule has 0 bridgehead atoms. The normalized spacial score (nSPS) is 41.5. The predicted molar refractivity (Wildman–Crippen MR) is 47.5 cm³/mol. The van der Waals surface area contributed by atoms with E-state index in [0.29, 0.717) is 0 Å². The lowest BCUT2D eigenvalue weighted by molar-refractivity contribution is -0.288. The highest BCUT2D eigenvalue weighted by molar-refractivity contribution is 5.79. The van der Waals surface area contributed by atoms with E-state index in [1.54, 1.807) is 6.92 Å². The van der Waals surface area contributed by atoms with Gasteiger partial charge in [-0.2, -0.15) is 0 Å². The van der Waals surface area contributed by atoms with Crippen molar-refractivity contribution >= 4 is 5.91 Å². The van der Waals surface area contributed by atoms with Crippen LogP contribution in [0.3, 0.4) is 0 Å². The molecule has 3 unspecified atom stereocenters. The zero-order valence-electron chi connectivity index (χ0n) is 8.24. The molecule has 7 nitrogen and oxygen atoms in total. The summed E-state index contributed by atoms with van der Waals surface area (Å²) in [7, 11) is 0. The Balaban J connectivity index is 2.75. The molecule has 7 heteroatoms. The summed E-state index contributed by atoms with van der Waals surface area (Å²) in [4.78, 5) is 10.9. The van der Waals surface area contributed by atoms with Gasteiger partial charge in [0.05, 0.1) is 0 Å². The van der Waals surface area contributed by atoms with E-state index in [-0.39, 0.29) is 6.61 Å². The van der Waals surface area contributed by atoms with Crippen molar-refractivity contribution < 1.29 is 29.6 Å². The zero-order valence-corrected chi connectivity index (χ0v) is 8.24. The molecule has 5 N–H and O–H groups in total. The summed E-state index contributed by atoms with van der Waals surface area (Å²) in [5, 5.41) is 28.2. The number of ether oxygens (including phenoxy) is 2. The molecular formula is C8H15NO6. The average molecular weight is 221 g/mol. The van der Waals surface area contributed by atoms with Crippen molar-refractivity contribution in [3.63, 3.8) is 0 Å². The maximum Gasteiger partial charge on any atom is 0.249 e. The number of nitrogens with two attached hydrogens (primary N) is 1. The lowest BCUT2D eigenvalue weighted by Crippen LogP contribution is -2.61. The summed E-state index contributed by atoms with van der Waals surface area (Å²) >= 11 is 0. The minimum Gasteiger partial charge on any atom is -0.387 e. The maximum atomic E-state index is 10.9. The lowest BCUT2D eigenvalue weighted by atomic mass is 9.98. The van der Waals surface area contributed by atoms with E-state index in [4.69, 9.17) is 15.2 Å². The number of primary amides is 1. The number of hydrogen-bond donors (Lipinski definition) is 4. The number of carbonyl (C=O) groups is 1. The highest BCUT2D eigenvalue weighted by Gasteiger charge is 2.46. The molecule has 1 heterocycles. The van der Waals surface area contributed by atoms with E-state index in [1.165, 1.54) is 0 Å². The number of aliphatic hydroxyl groups is 3. The van der Waals surface area contributed by atoms with Crippen LogP contribution in [0, 0.1) is 0 Å². The van der Waals surface area contributed by atoms with Gasteiger partial charge < -0.3 is 30.5 Å².